The maximum absolute atomic E-state index is 12.8. The summed E-state index contributed by atoms with van der Waals surface area (Å²) in [5.41, 5.74) is 1.13. The van der Waals surface area contributed by atoms with Gasteiger partial charge in [-0.2, -0.15) is 0 Å². The maximum atomic E-state index is 12.8. The van der Waals surface area contributed by atoms with Gasteiger partial charge in [-0.05, 0) is 48.9 Å². The Morgan fingerprint density at radius 1 is 1.14 bits per heavy atom. The van der Waals surface area contributed by atoms with Gasteiger partial charge in [0.15, 0.2) is 0 Å². The van der Waals surface area contributed by atoms with Crippen LogP contribution in [0.25, 0.3) is 0 Å². The van der Waals surface area contributed by atoms with Gasteiger partial charge in [0.1, 0.15) is 10.7 Å². The summed E-state index contributed by atoms with van der Waals surface area (Å²) < 4.78 is 5.93. The number of carbonyl (C=O) groups is 3. The highest BCUT2D eigenvalue weighted by Gasteiger charge is 2.38. The van der Waals surface area contributed by atoms with Crippen molar-refractivity contribution in [1.82, 2.24) is 0 Å². The molecule has 0 unspecified atom stereocenters. The maximum Gasteiger partial charge on any atom is 0.338 e. The van der Waals surface area contributed by atoms with Crippen molar-refractivity contribution in [3.63, 3.8) is 0 Å². The van der Waals surface area contributed by atoms with Gasteiger partial charge in [-0.25, -0.2) is 9.69 Å². The lowest BCUT2D eigenvalue weighted by atomic mass is 10.2. The quantitative estimate of drug-likeness (QED) is 0.506. The van der Waals surface area contributed by atoms with Crippen molar-refractivity contribution >= 4 is 56.7 Å². The lowest BCUT2D eigenvalue weighted by Crippen LogP contribution is -2.32. The molecule has 2 amide bonds. The number of anilines is 2. The normalized spacial score (nSPS) is 13.9. The third kappa shape index (κ3) is 4.10. The Morgan fingerprint density at radius 3 is 2.54 bits per heavy atom. The van der Waals surface area contributed by atoms with Crippen LogP contribution in [0.3, 0.4) is 0 Å². The summed E-state index contributed by atoms with van der Waals surface area (Å²) in [6, 6.07) is 13.2. The van der Waals surface area contributed by atoms with Gasteiger partial charge in [-0.1, -0.05) is 40.5 Å². The lowest BCUT2D eigenvalue weighted by molar-refractivity contribution is -0.120. The first kappa shape index (κ1) is 20.1. The van der Waals surface area contributed by atoms with Crippen molar-refractivity contribution < 1.29 is 19.1 Å². The van der Waals surface area contributed by atoms with E-state index in [1.54, 1.807) is 42.5 Å². The van der Waals surface area contributed by atoms with Crippen molar-refractivity contribution in [3.8, 4) is 0 Å². The predicted octanol–water partition coefficient (Wildman–Crippen LogP) is 4.45. The smallest absolute Gasteiger partial charge is 0.338 e. The highest BCUT2D eigenvalue weighted by atomic mass is 79.9. The summed E-state index contributed by atoms with van der Waals surface area (Å²) >= 11 is 9.44. The molecule has 0 aromatic heterocycles. The molecule has 2 aromatic rings. The van der Waals surface area contributed by atoms with E-state index < -0.39 is 17.8 Å². The topological polar surface area (TPSA) is 75.7 Å². The van der Waals surface area contributed by atoms with Crippen molar-refractivity contribution in [2.75, 3.05) is 16.8 Å². The lowest BCUT2D eigenvalue weighted by Gasteiger charge is -2.15. The van der Waals surface area contributed by atoms with Crippen LogP contribution in [0.5, 0.6) is 0 Å². The molecule has 144 valence electrons. The zero-order valence-electron chi connectivity index (χ0n) is 14.9. The standard InChI is InChI=1S/C20H16BrClN2O4/c1-2-10-28-20(27)12-4-3-5-14(11-12)23-17-16(22)18(25)24(19(17)26)15-8-6-13(21)7-9-15/h3-9,11,23H,2,10H2,1H3. The third-order valence-electron chi connectivity index (χ3n) is 3.92. The zero-order valence-corrected chi connectivity index (χ0v) is 17.2. The third-order valence-corrected chi connectivity index (χ3v) is 4.80. The van der Waals surface area contributed by atoms with Gasteiger partial charge in [-0.15, -0.1) is 0 Å². The van der Waals surface area contributed by atoms with E-state index in [1.807, 2.05) is 6.92 Å². The van der Waals surface area contributed by atoms with E-state index in [0.29, 0.717) is 30.0 Å². The number of hydrogen-bond donors (Lipinski definition) is 1. The monoisotopic (exact) mass is 462 g/mol. The molecule has 0 fully saturated rings. The van der Waals surface area contributed by atoms with Crippen molar-refractivity contribution in [2.45, 2.75) is 13.3 Å². The molecule has 28 heavy (non-hydrogen) atoms. The Morgan fingerprint density at radius 2 is 1.86 bits per heavy atom. The second-order valence-corrected chi connectivity index (χ2v) is 7.25. The molecule has 0 aliphatic carbocycles. The Hall–Kier alpha value is -2.64. The number of esters is 1. The minimum atomic E-state index is -0.616. The van der Waals surface area contributed by atoms with Gasteiger partial charge >= 0.3 is 5.97 Å². The van der Waals surface area contributed by atoms with Gasteiger partial charge < -0.3 is 10.1 Å². The molecule has 1 N–H and O–H groups in total. The molecule has 1 aliphatic rings. The van der Waals surface area contributed by atoms with Crippen molar-refractivity contribution in [2.24, 2.45) is 0 Å². The molecule has 0 spiro atoms. The molecule has 0 radical (unpaired) electrons. The summed E-state index contributed by atoms with van der Waals surface area (Å²) in [5, 5.41) is 2.64. The summed E-state index contributed by atoms with van der Waals surface area (Å²) in [7, 11) is 0. The Balaban J connectivity index is 1.82. The number of halogens is 2. The molecular formula is C20H16BrClN2O4. The van der Waals surface area contributed by atoms with Crippen LogP contribution in [-0.4, -0.2) is 24.4 Å². The Kier molecular flexibility index (Phi) is 6.16. The number of rotatable bonds is 6. The molecule has 0 atom stereocenters. The summed E-state index contributed by atoms with van der Waals surface area (Å²) in [6.45, 7) is 2.22. The fourth-order valence-corrected chi connectivity index (χ4v) is 3.06. The van der Waals surface area contributed by atoms with Gasteiger partial charge in [-0.3, -0.25) is 9.59 Å². The first-order valence-corrected chi connectivity index (χ1v) is 9.67. The van der Waals surface area contributed by atoms with Gasteiger partial charge in [0.25, 0.3) is 11.8 Å². The number of carbonyl (C=O) groups excluding carboxylic acids is 3. The molecule has 0 saturated carbocycles. The fraction of sp³-hybridized carbons (Fsp3) is 0.150. The van der Waals surface area contributed by atoms with E-state index in [0.717, 1.165) is 9.37 Å². The minimum absolute atomic E-state index is 0.0475. The molecular weight excluding hydrogens is 448 g/mol. The zero-order chi connectivity index (χ0) is 20.3. The number of nitrogens with one attached hydrogen (secondary N) is 1. The van der Waals surface area contributed by atoms with E-state index in [9.17, 15) is 14.4 Å². The van der Waals surface area contributed by atoms with Crippen LogP contribution in [-0.2, 0) is 14.3 Å². The first-order valence-electron chi connectivity index (χ1n) is 8.50. The molecule has 2 aromatic carbocycles. The van der Waals surface area contributed by atoms with Crippen LogP contribution in [0, 0.1) is 0 Å². The van der Waals surface area contributed by atoms with Gasteiger partial charge in [0, 0.05) is 10.2 Å². The molecule has 1 aliphatic heterocycles. The second-order valence-electron chi connectivity index (χ2n) is 5.95. The molecule has 6 nitrogen and oxygen atoms in total. The number of hydrogen-bond acceptors (Lipinski definition) is 5. The SMILES string of the molecule is CCCOC(=O)c1cccc(NC2=C(Cl)C(=O)N(c3ccc(Br)cc3)C2=O)c1. The molecule has 1 heterocycles. The fourth-order valence-electron chi connectivity index (χ4n) is 2.58. The Labute approximate surface area is 175 Å². The predicted molar refractivity (Wildman–Crippen MR) is 110 cm³/mol. The van der Waals surface area contributed by atoms with Gasteiger partial charge in [0.05, 0.1) is 17.9 Å². The highest BCUT2D eigenvalue weighted by Crippen LogP contribution is 2.31. The largest absolute Gasteiger partial charge is 0.462 e. The van der Waals surface area contributed by atoms with E-state index in [2.05, 4.69) is 21.2 Å². The molecule has 3 rings (SSSR count). The van der Waals surface area contributed by atoms with Crippen LogP contribution in [0.4, 0.5) is 11.4 Å². The number of nitrogens with zero attached hydrogens (tertiary/aromatic N) is 1. The number of benzene rings is 2. The average Bonchev–Trinajstić information content (AvgIpc) is 2.90. The molecule has 0 saturated heterocycles. The Bertz CT molecular complexity index is 972. The van der Waals surface area contributed by atoms with E-state index in [-0.39, 0.29) is 10.7 Å². The van der Waals surface area contributed by atoms with Crippen LogP contribution in [0.15, 0.2) is 63.7 Å². The summed E-state index contributed by atoms with van der Waals surface area (Å²) in [5.74, 6) is -1.65. The highest BCUT2D eigenvalue weighted by molar-refractivity contribution is 9.10. The van der Waals surface area contributed by atoms with Gasteiger partial charge in [0.2, 0.25) is 0 Å². The summed E-state index contributed by atoms with van der Waals surface area (Å²) in [6.07, 6.45) is 0.717. The van der Waals surface area contributed by atoms with Crippen LogP contribution < -0.4 is 10.2 Å². The first-order chi connectivity index (χ1) is 13.4. The van der Waals surface area contributed by atoms with Crippen LogP contribution >= 0.6 is 27.5 Å². The number of ether oxygens (including phenoxy) is 1. The molecule has 8 heteroatoms. The molecule has 0 bridgehead atoms. The number of imide groups is 1. The second kappa shape index (κ2) is 8.58. The average molecular weight is 464 g/mol. The van der Waals surface area contributed by atoms with E-state index in [4.69, 9.17) is 16.3 Å². The van der Waals surface area contributed by atoms with Crippen molar-refractivity contribution in [1.29, 1.82) is 0 Å². The summed E-state index contributed by atoms with van der Waals surface area (Å²) in [4.78, 5) is 38.3. The number of amides is 2. The van der Waals surface area contributed by atoms with E-state index >= 15 is 0 Å². The minimum Gasteiger partial charge on any atom is -0.462 e. The van der Waals surface area contributed by atoms with Crippen LogP contribution in [0.1, 0.15) is 23.7 Å². The van der Waals surface area contributed by atoms with E-state index in [1.165, 1.54) is 6.07 Å². The van der Waals surface area contributed by atoms with Crippen molar-refractivity contribution in [3.05, 3.63) is 69.3 Å². The van der Waals surface area contributed by atoms with Crippen LogP contribution in [0.2, 0.25) is 0 Å².